The van der Waals surface area contributed by atoms with Gasteiger partial charge in [-0.25, -0.2) is 4.79 Å². The van der Waals surface area contributed by atoms with Crippen LogP contribution in [0.25, 0.3) is 0 Å². The van der Waals surface area contributed by atoms with E-state index >= 15 is 0 Å². The van der Waals surface area contributed by atoms with Crippen molar-refractivity contribution >= 4 is 17.9 Å². The first-order valence-electron chi connectivity index (χ1n) is 16.1. The van der Waals surface area contributed by atoms with Gasteiger partial charge in [0.2, 0.25) is 11.8 Å². The molecule has 1 aliphatic rings. The van der Waals surface area contributed by atoms with Gasteiger partial charge in [-0.1, -0.05) is 90.3 Å². The Balaban J connectivity index is 2.54. The molecule has 0 radical (unpaired) electrons. The van der Waals surface area contributed by atoms with E-state index < -0.39 is 23.8 Å². The molecule has 2 rings (SSSR count). The van der Waals surface area contributed by atoms with Crippen LogP contribution in [0.15, 0.2) is 18.2 Å². The summed E-state index contributed by atoms with van der Waals surface area (Å²) >= 11 is 0. The van der Waals surface area contributed by atoms with E-state index in [1.807, 2.05) is 66.7 Å². The van der Waals surface area contributed by atoms with Crippen molar-refractivity contribution in [2.24, 2.45) is 5.92 Å². The maximum atomic E-state index is 14.6. The van der Waals surface area contributed by atoms with Crippen molar-refractivity contribution in [3.05, 3.63) is 34.9 Å². The summed E-state index contributed by atoms with van der Waals surface area (Å²) in [5.74, 6) is -0.499. The van der Waals surface area contributed by atoms with E-state index in [9.17, 15) is 14.4 Å². The van der Waals surface area contributed by atoms with Gasteiger partial charge >= 0.3 is 6.09 Å². The summed E-state index contributed by atoms with van der Waals surface area (Å²) in [5, 5.41) is 6.21. The van der Waals surface area contributed by atoms with Crippen molar-refractivity contribution in [3.63, 3.8) is 0 Å². The molecule has 3 amide bonds. The highest BCUT2D eigenvalue weighted by Crippen LogP contribution is 2.31. The van der Waals surface area contributed by atoms with Crippen molar-refractivity contribution in [2.45, 2.75) is 150 Å². The largest absolute Gasteiger partial charge is 0.444 e. The lowest BCUT2D eigenvalue weighted by Gasteiger charge is -2.38. The van der Waals surface area contributed by atoms with Crippen molar-refractivity contribution in [1.29, 1.82) is 0 Å². The highest BCUT2D eigenvalue weighted by molar-refractivity contribution is 5.92. The standard InChI is InChI=1S/C34H57N3O4/c1-9-11-12-13-17-23-37(32(39)29(24(3)10-2)36-33(40)41-34(6,7)8)30(28-25(4)19-18-20-26(28)5)31(38)35-27-21-15-14-16-22-27/h18-20,24,27,29-30H,9-17,21-23H2,1-8H3,(H,35,38)(H,36,40). The van der Waals surface area contributed by atoms with Crippen molar-refractivity contribution in [3.8, 4) is 0 Å². The first-order chi connectivity index (χ1) is 19.4. The van der Waals surface area contributed by atoms with E-state index in [-0.39, 0.29) is 23.8 Å². The van der Waals surface area contributed by atoms with Gasteiger partial charge in [0.15, 0.2) is 0 Å². The van der Waals surface area contributed by atoms with E-state index in [4.69, 9.17) is 4.74 Å². The SMILES string of the molecule is CCCCCCCN(C(=O)C(NC(=O)OC(C)(C)C)C(C)CC)C(C(=O)NC1CCCCC1)c1c(C)cccc1C. The quantitative estimate of drug-likeness (QED) is 0.226. The molecule has 0 heterocycles. The first-order valence-corrected chi connectivity index (χ1v) is 16.1. The highest BCUT2D eigenvalue weighted by atomic mass is 16.6. The van der Waals surface area contributed by atoms with Gasteiger partial charge < -0.3 is 20.3 Å². The Morgan fingerprint density at radius 1 is 0.976 bits per heavy atom. The summed E-state index contributed by atoms with van der Waals surface area (Å²) in [6, 6.07) is 4.56. The molecule has 0 aliphatic heterocycles. The molecule has 0 aromatic heterocycles. The zero-order valence-electron chi connectivity index (χ0n) is 27.1. The molecule has 1 fully saturated rings. The average Bonchev–Trinajstić information content (AvgIpc) is 2.91. The van der Waals surface area contributed by atoms with Crippen molar-refractivity contribution in [1.82, 2.24) is 15.5 Å². The van der Waals surface area contributed by atoms with Crippen LogP contribution in [0, 0.1) is 19.8 Å². The Hall–Kier alpha value is -2.57. The van der Waals surface area contributed by atoms with Crippen LogP contribution in [0.1, 0.15) is 135 Å². The molecule has 0 spiro atoms. The second-order valence-electron chi connectivity index (χ2n) is 13.0. The summed E-state index contributed by atoms with van der Waals surface area (Å²) in [7, 11) is 0. The Morgan fingerprint density at radius 2 is 1.59 bits per heavy atom. The molecule has 7 heteroatoms. The van der Waals surface area contributed by atoms with Crippen LogP contribution in [-0.4, -0.2) is 47.0 Å². The van der Waals surface area contributed by atoms with Crippen LogP contribution in [0.3, 0.4) is 0 Å². The number of alkyl carbamates (subject to hydrolysis) is 1. The Bertz CT molecular complexity index is 960. The third kappa shape index (κ3) is 11.0. The van der Waals surface area contributed by atoms with Crippen LogP contribution < -0.4 is 10.6 Å². The molecule has 1 aromatic carbocycles. The van der Waals surface area contributed by atoms with Gasteiger partial charge in [-0.2, -0.15) is 0 Å². The Morgan fingerprint density at radius 3 is 2.15 bits per heavy atom. The molecule has 0 bridgehead atoms. The van der Waals surface area contributed by atoms with E-state index in [2.05, 4.69) is 17.6 Å². The number of rotatable bonds is 14. The maximum absolute atomic E-state index is 14.6. The second-order valence-corrected chi connectivity index (χ2v) is 13.0. The van der Waals surface area contributed by atoms with E-state index in [0.717, 1.165) is 74.5 Å². The van der Waals surface area contributed by atoms with Crippen LogP contribution in [-0.2, 0) is 14.3 Å². The number of carbonyl (C=O) groups is 3. The monoisotopic (exact) mass is 571 g/mol. The molecule has 1 aromatic rings. The molecule has 41 heavy (non-hydrogen) atoms. The number of amides is 3. The minimum absolute atomic E-state index is 0.120. The highest BCUT2D eigenvalue weighted by Gasteiger charge is 2.39. The molecule has 0 saturated heterocycles. The number of unbranched alkanes of at least 4 members (excludes halogenated alkanes) is 4. The minimum atomic E-state index is -0.806. The van der Waals surface area contributed by atoms with Crippen molar-refractivity contribution in [2.75, 3.05) is 6.54 Å². The number of ether oxygens (including phenoxy) is 1. The average molecular weight is 572 g/mol. The fourth-order valence-corrected chi connectivity index (χ4v) is 5.76. The number of benzene rings is 1. The zero-order valence-corrected chi connectivity index (χ0v) is 27.1. The zero-order chi connectivity index (χ0) is 30.6. The third-order valence-corrected chi connectivity index (χ3v) is 8.26. The Labute approximate surface area is 249 Å². The number of hydrogen-bond acceptors (Lipinski definition) is 4. The molecule has 3 atom stereocenters. The summed E-state index contributed by atoms with van der Waals surface area (Å²) in [4.78, 5) is 43.5. The van der Waals surface area contributed by atoms with Gasteiger partial charge in [0, 0.05) is 12.6 Å². The fourth-order valence-electron chi connectivity index (χ4n) is 5.76. The van der Waals surface area contributed by atoms with Crippen molar-refractivity contribution < 1.29 is 19.1 Å². The van der Waals surface area contributed by atoms with E-state index in [1.165, 1.54) is 6.42 Å². The van der Waals surface area contributed by atoms with Crippen LogP contribution in [0.2, 0.25) is 0 Å². The van der Waals surface area contributed by atoms with Gasteiger partial charge in [-0.15, -0.1) is 0 Å². The first kappa shape index (κ1) is 34.6. The normalized spacial score (nSPS) is 16.4. The summed E-state index contributed by atoms with van der Waals surface area (Å²) in [6.07, 6.45) is 10.6. The molecule has 3 unspecified atom stereocenters. The third-order valence-electron chi connectivity index (χ3n) is 8.26. The molecule has 1 aliphatic carbocycles. The van der Waals surface area contributed by atoms with Crippen LogP contribution >= 0.6 is 0 Å². The van der Waals surface area contributed by atoms with Gasteiger partial charge in [0.25, 0.3) is 0 Å². The maximum Gasteiger partial charge on any atom is 0.408 e. The number of nitrogens with one attached hydrogen (secondary N) is 2. The second kappa shape index (κ2) is 16.8. The molecule has 2 N–H and O–H groups in total. The molecule has 232 valence electrons. The number of nitrogens with zero attached hydrogens (tertiary/aromatic N) is 1. The van der Waals surface area contributed by atoms with E-state index in [0.29, 0.717) is 13.0 Å². The minimum Gasteiger partial charge on any atom is -0.444 e. The Kier molecular flexibility index (Phi) is 14.2. The number of aryl methyl sites for hydroxylation is 2. The number of carbonyl (C=O) groups excluding carboxylic acids is 3. The lowest BCUT2D eigenvalue weighted by molar-refractivity contribution is -0.144. The van der Waals surface area contributed by atoms with Crippen LogP contribution in [0.4, 0.5) is 4.79 Å². The predicted molar refractivity (Wildman–Crippen MR) is 167 cm³/mol. The molecule has 1 saturated carbocycles. The lowest BCUT2D eigenvalue weighted by atomic mass is 9.90. The van der Waals surface area contributed by atoms with Gasteiger partial charge in [0.1, 0.15) is 17.7 Å². The fraction of sp³-hybridized carbons (Fsp3) is 0.735. The number of hydrogen-bond donors (Lipinski definition) is 2. The summed E-state index contributed by atoms with van der Waals surface area (Å²) in [5.41, 5.74) is 2.16. The summed E-state index contributed by atoms with van der Waals surface area (Å²) < 4.78 is 5.55. The topological polar surface area (TPSA) is 87.7 Å². The van der Waals surface area contributed by atoms with Gasteiger partial charge in [-0.05, 0) is 76.5 Å². The molecule has 7 nitrogen and oxygen atoms in total. The van der Waals surface area contributed by atoms with Gasteiger partial charge in [0.05, 0.1) is 0 Å². The predicted octanol–water partition coefficient (Wildman–Crippen LogP) is 7.53. The molecular formula is C34H57N3O4. The van der Waals surface area contributed by atoms with E-state index in [1.54, 1.807) is 4.90 Å². The van der Waals surface area contributed by atoms with Crippen LogP contribution in [0.5, 0.6) is 0 Å². The smallest absolute Gasteiger partial charge is 0.408 e. The van der Waals surface area contributed by atoms with Gasteiger partial charge in [-0.3, -0.25) is 9.59 Å². The lowest BCUT2D eigenvalue weighted by Crippen LogP contribution is -2.56. The summed E-state index contributed by atoms with van der Waals surface area (Å²) in [6.45, 7) is 16.1. The molecular weight excluding hydrogens is 514 g/mol.